The van der Waals surface area contributed by atoms with E-state index in [-0.39, 0.29) is 0 Å². The average molecular weight is 295 g/mol. The minimum atomic E-state index is -4.22. The van der Waals surface area contributed by atoms with E-state index in [0.29, 0.717) is 41.1 Å². The molecule has 2 N–H and O–H groups in total. The van der Waals surface area contributed by atoms with Gasteiger partial charge in [-0.15, -0.1) is 11.8 Å². The molecule has 0 heterocycles. The molecule has 0 fully saturated rings. The van der Waals surface area contributed by atoms with Crippen molar-refractivity contribution >= 4 is 11.8 Å². The molecule has 0 aliphatic heterocycles. The van der Waals surface area contributed by atoms with Gasteiger partial charge in [0, 0.05) is 0 Å². The summed E-state index contributed by atoms with van der Waals surface area (Å²) in [5.74, 6) is -0.0441. The van der Waals surface area contributed by atoms with Crippen LogP contribution in [0.15, 0.2) is 17.0 Å². The van der Waals surface area contributed by atoms with Gasteiger partial charge in [0.25, 0.3) is 0 Å². The number of nitrogens with two attached hydrogens (primary N) is 1. The Kier molecular flexibility index (Phi) is 5.81. The van der Waals surface area contributed by atoms with Crippen molar-refractivity contribution in [2.24, 2.45) is 5.73 Å². The zero-order chi connectivity index (χ0) is 14.5. The molecule has 0 aliphatic rings. The minimum Gasteiger partial charge on any atom is -0.496 e. The predicted molar refractivity (Wildman–Crippen MR) is 69.1 cm³/mol. The van der Waals surface area contributed by atoms with Crippen molar-refractivity contribution in [3.05, 3.63) is 17.7 Å². The molecule has 0 radical (unpaired) electrons. The lowest BCUT2D eigenvalue weighted by Gasteiger charge is -2.15. The van der Waals surface area contributed by atoms with Crippen LogP contribution in [0.4, 0.5) is 13.2 Å². The molecule has 1 aromatic carbocycles. The van der Waals surface area contributed by atoms with E-state index in [4.69, 9.17) is 15.2 Å². The zero-order valence-electron chi connectivity index (χ0n) is 10.7. The monoisotopic (exact) mass is 295 g/mol. The van der Waals surface area contributed by atoms with Gasteiger partial charge in [-0.05, 0) is 30.7 Å². The Morgan fingerprint density at radius 2 is 1.79 bits per heavy atom. The van der Waals surface area contributed by atoms with Gasteiger partial charge in [0.05, 0.1) is 24.9 Å². The maximum absolute atomic E-state index is 12.3. The zero-order valence-corrected chi connectivity index (χ0v) is 11.5. The van der Waals surface area contributed by atoms with Gasteiger partial charge in [-0.1, -0.05) is 0 Å². The van der Waals surface area contributed by atoms with Crippen LogP contribution in [0, 0.1) is 0 Å². The highest BCUT2D eigenvalue weighted by molar-refractivity contribution is 7.99. The molecule has 0 atom stereocenters. The third kappa shape index (κ3) is 4.83. The van der Waals surface area contributed by atoms with Crippen molar-refractivity contribution in [1.82, 2.24) is 0 Å². The Labute approximate surface area is 114 Å². The van der Waals surface area contributed by atoms with E-state index < -0.39 is 11.9 Å². The van der Waals surface area contributed by atoms with Crippen molar-refractivity contribution in [1.29, 1.82) is 0 Å². The lowest BCUT2D eigenvalue weighted by molar-refractivity contribution is -0.105. The molecule has 0 aromatic heterocycles. The number of rotatable bonds is 6. The Hall–Kier alpha value is -1.08. The van der Waals surface area contributed by atoms with Crippen molar-refractivity contribution < 1.29 is 22.6 Å². The largest absolute Gasteiger partial charge is 0.496 e. The highest BCUT2D eigenvalue weighted by atomic mass is 32.2. The van der Waals surface area contributed by atoms with E-state index in [1.165, 1.54) is 14.2 Å². The van der Waals surface area contributed by atoms with Crippen LogP contribution in [-0.4, -0.2) is 32.7 Å². The summed E-state index contributed by atoms with van der Waals surface area (Å²) in [5, 5.41) is 0. The molecule has 0 aliphatic carbocycles. The first kappa shape index (κ1) is 16.0. The van der Waals surface area contributed by atoms with Crippen LogP contribution in [0.25, 0.3) is 0 Å². The first-order valence-corrected chi connectivity index (χ1v) is 6.54. The summed E-state index contributed by atoms with van der Waals surface area (Å²) >= 11 is 0.674. The van der Waals surface area contributed by atoms with Gasteiger partial charge in [-0.2, -0.15) is 13.2 Å². The molecular formula is C12H16F3NO2S. The first-order valence-electron chi connectivity index (χ1n) is 5.55. The second-order valence-electron chi connectivity index (χ2n) is 3.76. The van der Waals surface area contributed by atoms with E-state index in [1.807, 2.05) is 0 Å². The van der Waals surface area contributed by atoms with Gasteiger partial charge in [0.2, 0.25) is 0 Å². The molecule has 0 saturated heterocycles. The number of halogens is 3. The molecule has 19 heavy (non-hydrogen) atoms. The molecule has 1 aromatic rings. The number of methoxy groups -OCH3 is 2. The Bertz CT molecular complexity index is 424. The number of alkyl halides is 3. The number of thioether (sulfide) groups is 1. The van der Waals surface area contributed by atoms with Gasteiger partial charge >= 0.3 is 6.18 Å². The van der Waals surface area contributed by atoms with Crippen LogP contribution in [0.2, 0.25) is 0 Å². The topological polar surface area (TPSA) is 44.5 Å². The Balaban J connectivity index is 3.02. The molecule has 0 amide bonds. The van der Waals surface area contributed by atoms with Crippen LogP contribution in [-0.2, 0) is 6.42 Å². The summed E-state index contributed by atoms with van der Waals surface area (Å²) in [6.45, 7) is 0.425. The van der Waals surface area contributed by atoms with Gasteiger partial charge in [-0.25, -0.2) is 0 Å². The smallest absolute Gasteiger partial charge is 0.398 e. The minimum absolute atomic E-state index is 0.400. The fourth-order valence-corrected chi connectivity index (χ4v) is 2.35. The SMILES string of the molecule is COc1cc(SCC(F)(F)F)c(OC)cc1CCN. The lowest BCUT2D eigenvalue weighted by Crippen LogP contribution is -2.11. The first-order chi connectivity index (χ1) is 8.91. The van der Waals surface area contributed by atoms with Crippen LogP contribution < -0.4 is 15.2 Å². The molecule has 3 nitrogen and oxygen atoms in total. The molecule has 0 bridgehead atoms. The second-order valence-corrected chi connectivity index (χ2v) is 4.77. The lowest BCUT2D eigenvalue weighted by atomic mass is 10.1. The summed E-state index contributed by atoms with van der Waals surface area (Å²) < 4.78 is 47.0. The van der Waals surface area contributed by atoms with Gasteiger partial charge in [0.15, 0.2) is 0 Å². The van der Waals surface area contributed by atoms with E-state index in [9.17, 15) is 13.2 Å². The average Bonchev–Trinajstić information content (AvgIpc) is 2.36. The standard InChI is InChI=1S/C12H16F3NO2S/c1-17-9-6-11(19-7-12(13,14)15)10(18-2)5-8(9)3-4-16/h5-6H,3-4,7,16H2,1-2H3. The number of hydrogen-bond acceptors (Lipinski definition) is 4. The van der Waals surface area contributed by atoms with Crippen LogP contribution in [0.1, 0.15) is 5.56 Å². The molecule has 0 saturated carbocycles. The number of ether oxygens (including phenoxy) is 2. The third-order valence-electron chi connectivity index (χ3n) is 2.37. The Morgan fingerprint density at radius 3 is 2.26 bits per heavy atom. The van der Waals surface area contributed by atoms with E-state index in [0.717, 1.165) is 5.56 Å². The summed E-state index contributed by atoms with van der Waals surface area (Å²) in [5.41, 5.74) is 6.30. The van der Waals surface area contributed by atoms with Gasteiger partial charge < -0.3 is 15.2 Å². The molecule has 0 unspecified atom stereocenters. The fourth-order valence-electron chi connectivity index (χ4n) is 1.56. The summed E-state index contributed by atoms with van der Waals surface area (Å²) in [6, 6.07) is 3.23. The van der Waals surface area contributed by atoms with Crippen molar-refractivity contribution in [2.45, 2.75) is 17.5 Å². The normalized spacial score (nSPS) is 11.5. The summed E-state index contributed by atoms with van der Waals surface area (Å²) in [7, 11) is 2.89. The third-order valence-corrected chi connectivity index (χ3v) is 3.47. The second kappa shape index (κ2) is 6.91. The highest BCUT2D eigenvalue weighted by Gasteiger charge is 2.28. The molecule has 108 valence electrons. The highest BCUT2D eigenvalue weighted by Crippen LogP contribution is 2.38. The van der Waals surface area contributed by atoms with Crippen LogP contribution in [0.3, 0.4) is 0 Å². The van der Waals surface area contributed by atoms with E-state index in [1.54, 1.807) is 12.1 Å². The number of benzene rings is 1. The fraction of sp³-hybridized carbons (Fsp3) is 0.500. The van der Waals surface area contributed by atoms with Crippen molar-refractivity contribution in [2.75, 3.05) is 26.5 Å². The summed E-state index contributed by atoms with van der Waals surface area (Å²) in [6.07, 6.45) is -3.65. The van der Waals surface area contributed by atoms with Gasteiger partial charge in [0.1, 0.15) is 11.5 Å². The maximum atomic E-state index is 12.3. The molecule has 0 spiro atoms. The maximum Gasteiger partial charge on any atom is 0.398 e. The molecule has 1 rings (SSSR count). The quantitative estimate of drug-likeness (QED) is 0.820. The summed E-state index contributed by atoms with van der Waals surface area (Å²) in [4.78, 5) is 0.400. The molecular weight excluding hydrogens is 279 g/mol. The Morgan fingerprint density at radius 1 is 1.16 bits per heavy atom. The predicted octanol–water partition coefficient (Wildman–Crippen LogP) is 2.86. The number of hydrogen-bond donors (Lipinski definition) is 1. The van der Waals surface area contributed by atoms with E-state index >= 15 is 0 Å². The van der Waals surface area contributed by atoms with Crippen LogP contribution >= 0.6 is 11.8 Å². The molecule has 7 heteroatoms. The van der Waals surface area contributed by atoms with Gasteiger partial charge in [-0.3, -0.25) is 0 Å². The van der Waals surface area contributed by atoms with Crippen LogP contribution in [0.5, 0.6) is 11.5 Å². The van der Waals surface area contributed by atoms with Crippen molar-refractivity contribution in [3.8, 4) is 11.5 Å². The van der Waals surface area contributed by atoms with E-state index in [2.05, 4.69) is 0 Å². The van der Waals surface area contributed by atoms with Crippen molar-refractivity contribution in [3.63, 3.8) is 0 Å².